The largest absolute Gasteiger partial charge is 1.00 e. The number of benzene rings is 4. The lowest BCUT2D eigenvalue weighted by atomic mass is 9.76. The number of para-hydroxylation sites is 4. The first-order valence-corrected chi connectivity index (χ1v) is 22.2. The van der Waals surface area contributed by atoms with E-state index in [1.807, 2.05) is 0 Å². The number of hydrogen-bond donors (Lipinski definition) is 2. The number of rotatable bonds is 8. The van der Waals surface area contributed by atoms with Crippen molar-refractivity contribution >= 4 is 106 Å². The van der Waals surface area contributed by atoms with Gasteiger partial charge in [0.05, 0.1) is 62.8 Å². The van der Waals surface area contributed by atoms with Gasteiger partial charge in [-0.3, -0.25) is 19.6 Å². The molecule has 3 aliphatic rings. The van der Waals surface area contributed by atoms with E-state index in [1.54, 1.807) is 98.8 Å². The maximum absolute atomic E-state index is 13.3. The number of aliphatic imine (C=N–C) groups is 2. The lowest BCUT2D eigenvalue weighted by Gasteiger charge is -2.33. The lowest BCUT2D eigenvalue weighted by Crippen LogP contribution is -2.36. The first kappa shape index (κ1) is 50.7. The number of nitrogens with one attached hydrogen (secondary N) is 2. The van der Waals surface area contributed by atoms with Crippen molar-refractivity contribution in [1.29, 1.82) is 10.5 Å². The normalized spacial score (nSPS) is 19.4. The predicted molar refractivity (Wildman–Crippen MR) is 265 cm³/mol. The van der Waals surface area contributed by atoms with Crippen LogP contribution in [0.5, 0.6) is 11.5 Å². The number of nitriles is 2. The Kier molecular flexibility index (Phi) is 18.6. The third-order valence-corrected chi connectivity index (χ3v) is 12.3. The molecule has 2 amide bonds. The number of carbonyl (C=O) groups excluding carboxylic acids is 2. The molecule has 3 aliphatic heterocycles. The summed E-state index contributed by atoms with van der Waals surface area (Å²) in [5.41, 5.74) is 3.63. The third kappa shape index (κ3) is 12.6. The molecule has 7 rings (SSSR count). The molecule has 0 saturated carbocycles. The molecule has 65 heavy (non-hydrogen) atoms. The molecular weight excluding hydrogens is 949 g/mol. The van der Waals surface area contributed by atoms with Crippen LogP contribution in [0.1, 0.15) is 39.7 Å². The van der Waals surface area contributed by atoms with Crippen LogP contribution in [0.2, 0.25) is 20.1 Å². The Morgan fingerprint density at radius 3 is 1.42 bits per heavy atom. The fraction of sp³-hybridized carbons (Fsp3) is 0.277. The van der Waals surface area contributed by atoms with E-state index >= 15 is 0 Å². The Morgan fingerprint density at radius 2 is 1.09 bits per heavy atom. The van der Waals surface area contributed by atoms with Crippen LogP contribution < -0.4 is 20.1 Å². The summed E-state index contributed by atoms with van der Waals surface area (Å²) in [7, 11) is 5.16. The summed E-state index contributed by atoms with van der Waals surface area (Å²) >= 11 is 35.5. The van der Waals surface area contributed by atoms with Crippen molar-refractivity contribution in [2.24, 2.45) is 21.8 Å². The molecule has 0 spiro atoms. The molecule has 2 N–H and O–H groups in total. The molecule has 0 radical (unpaired) electrons. The highest BCUT2D eigenvalue weighted by Crippen LogP contribution is 2.44. The molecule has 4 aromatic rings. The van der Waals surface area contributed by atoms with E-state index in [-0.39, 0.29) is 35.9 Å². The molecular formula is C47H45Cl4N7O5S2. The molecule has 1 saturated heterocycles. The van der Waals surface area contributed by atoms with Gasteiger partial charge in [-0.25, -0.2) is 0 Å². The second-order valence-electron chi connectivity index (χ2n) is 14.7. The molecule has 338 valence electrons. The summed E-state index contributed by atoms with van der Waals surface area (Å²) in [6, 6.07) is 28.2. The second-order valence-corrected chi connectivity index (χ2v) is 17.2. The summed E-state index contributed by atoms with van der Waals surface area (Å²) in [5.74, 6) is -2.56. The van der Waals surface area contributed by atoms with E-state index in [4.69, 9.17) is 85.9 Å². The Balaban J connectivity index is 0.000000302. The first-order valence-electron chi connectivity index (χ1n) is 19.9. The van der Waals surface area contributed by atoms with Gasteiger partial charge in [-0.15, -0.1) is 0 Å². The van der Waals surface area contributed by atoms with Crippen molar-refractivity contribution in [3.05, 3.63) is 137 Å². The average molecular weight is 994 g/mol. The summed E-state index contributed by atoms with van der Waals surface area (Å²) in [6.07, 6.45) is 0. The van der Waals surface area contributed by atoms with Crippen molar-refractivity contribution in [3.8, 4) is 23.6 Å². The van der Waals surface area contributed by atoms with Crippen LogP contribution in [-0.4, -0.2) is 75.7 Å². The maximum Gasteiger partial charge on any atom is 1.00 e. The van der Waals surface area contributed by atoms with Gasteiger partial charge in [0.25, 0.3) is 0 Å². The summed E-state index contributed by atoms with van der Waals surface area (Å²) in [5, 5.41) is 27.1. The number of nitrogens with zero attached hydrogens (tertiary/aromatic N) is 5. The monoisotopic (exact) mass is 991 g/mol. The highest BCUT2D eigenvalue weighted by Gasteiger charge is 2.40. The number of ether oxygens (including phenoxy) is 3. The number of morpholine rings is 1. The molecule has 0 aromatic heterocycles. The Morgan fingerprint density at radius 1 is 0.708 bits per heavy atom. The molecule has 18 heteroatoms. The standard InChI is InChI=1S/2C21H17Cl2N3O2S.C5H11NO/c2*1-11-18(20(27)26-16-5-3-4-6-17(16)28-2)19(14(10-24)21(29)25-11)13-8-7-12(22)9-15(13)23;1-6-2-4-7-5-3-6/h2*3-9,18-19,29H,1-2H3,(H,26,27);2-5H2,1H3. The van der Waals surface area contributed by atoms with Crippen LogP contribution in [0.25, 0.3) is 0 Å². The average Bonchev–Trinajstić information content (AvgIpc) is 3.27. The van der Waals surface area contributed by atoms with E-state index in [0.717, 1.165) is 26.3 Å². The highest BCUT2D eigenvalue weighted by atomic mass is 35.5. The number of hydrogen-bond acceptors (Lipinski definition) is 12. The second kappa shape index (κ2) is 23.8. The van der Waals surface area contributed by atoms with Gasteiger partial charge in [-0.1, -0.05) is 92.9 Å². The van der Waals surface area contributed by atoms with E-state index in [9.17, 15) is 20.1 Å². The molecule has 12 nitrogen and oxygen atoms in total. The molecule has 0 aliphatic carbocycles. The minimum absolute atomic E-state index is 0. The fourth-order valence-electron chi connectivity index (χ4n) is 7.33. The maximum atomic E-state index is 13.3. The van der Waals surface area contributed by atoms with Gasteiger partial charge in [0, 0.05) is 67.6 Å². The van der Waals surface area contributed by atoms with Gasteiger partial charge in [-0.05, 0) is 80.6 Å². The fourth-order valence-corrected chi connectivity index (χ4v) is 9.01. The number of allylic oxidation sites excluding steroid dienone is 2. The van der Waals surface area contributed by atoms with Gasteiger partial charge >= 0.3 is 2.85 Å². The van der Waals surface area contributed by atoms with E-state index in [2.05, 4.69) is 44.7 Å². The Labute approximate surface area is 412 Å². The minimum atomic E-state index is -0.778. The number of halogens is 4. The summed E-state index contributed by atoms with van der Waals surface area (Å²) in [6.45, 7) is 7.44. The zero-order valence-electron chi connectivity index (χ0n) is 37.8. The number of carbonyl (C=O) groups is 2. The zero-order chi connectivity index (χ0) is 47.4. The third-order valence-electron chi connectivity index (χ3n) is 10.6. The van der Waals surface area contributed by atoms with Crippen molar-refractivity contribution in [3.63, 3.8) is 0 Å². The SMILES string of the molecule is CN1CCOCC1.COc1ccccc1NC(=O)C1C(C)=NC([S-])=C(C#N)C1c1ccc(Cl)cc1Cl.COc1ccccc1NC(=O)C1C(C)=NC([S-])=C(C#N)C1c1ccc(Cl)cc1Cl.[H+].[H+]. The zero-order valence-corrected chi connectivity index (χ0v) is 40.5. The molecule has 4 aromatic carbocycles. The van der Waals surface area contributed by atoms with Gasteiger partial charge in [-0.2, -0.15) is 10.5 Å². The smallest absolute Gasteiger partial charge is 0.759 e. The lowest BCUT2D eigenvalue weighted by molar-refractivity contribution is -0.119. The van der Waals surface area contributed by atoms with Crippen molar-refractivity contribution in [1.82, 2.24) is 4.90 Å². The van der Waals surface area contributed by atoms with E-state index in [0.29, 0.717) is 65.5 Å². The predicted octanol–water partition coefficient (Wildman–Crippen LogP) is 10.4. The molecule has 4 atom stereocenters. The van der Waals surface area contributed by atoms with E-state index in [1.165, 1.54) is 14.2 Å². The van der Waals surface area contributed by atoms with Crippen LogP contribution in [0.15, 0.2) is 116 Å². The van der Waals surface area contributed by atoms with Crippen molar-refractivity contribution < 1.29 is 26.7 Å². The number of amides is 2. The van der Waals surface area contributed by atoms with Crippen LogP contribution in [-0.2, 0) is 39.6 Å². The van der Waals surface area contributed by atoms with Gasteiger partial charge in [0.2, 0.25) is 11.8 Å². The van der Waals surface area contributed by atoms with Crippen molar-refractivity contribution in [2.75, 3.05) is 58.2 Å². The molecule has 4 unspecified atom stereocenters. The van der Waals surface area contributed by atoms with Crippen LogP contribution in [0, 0.1) is 34.5 Å². The topological polar surface area (TPSA) is 161 Å². The first-order chi connectivity index (χ1) is 31.1. The van der Waals surface area contributed by atoms with Crippen molar-refractivity contribution in [2.45, 2.75) is 25.7 Å². The van der Waals surface area contributed by atoms with Crippen LogP contribution >= 0.6 is 46.4 Å². The van der Waals surface area contributed by atoms with Gasteiger partial charge < -0.3 is 55.0 Å². The number of anilines is 2. The van der Waals surface area contributed by atoms with Gasteiger partial charge in [0.1, 0.15) is 11.5 Å². The Hall–Kier alpha value is -5.26. The quantitative estimate of drug-likeness (QED) is 0.163. The molecule has 0 bridgehead atoms. The number of methoxy groups -OCH3 is 2. The Bertz CT molecular complexity index is 2480. The van der Waals surface area contributed by atoms with Crippen LogP contribution in [0.3, 0.4) is 0 Å². The minimum Gasteiger partial charge on any atom is -0.759 e. The molecule has 3 heterocycles. The van der Waals surface area contributed by atoms with Crippen LogP contribution in [0.4, 0.5) is 11.4 Å². The van der Waals surface area contributed by atoms with Gasteiger partial charge in [0.15, 0.2) is 0 Å². The van der Waals surface area contributed by atoms with E-state index < -0.39 is 23.7 Å². The summed E-state index contributed by atoms with van der Waals surface area (Å²) in [4.78, 5) is 37.4. The summed E-state index contributed by atoms with van der Waals surface area (Å²) < 4.78 is 15.7. The highest BCUT2D eigenvalue weighted by molar-refractivity contribution is 7.63. The molecule has 1 fully saturated rings. The number of likely N-dealkylation sites (N-methyl/N-ethyl adjacent to an activating group) is 1.